The van der Waals surface area contributed by atoms with Crippen LogP contribution in [-0.2, 0) is 17.6 Å². The summed E-state index contributed by atoms with van der Waals surface area (Å²) in [5.41, 5.74) is 1.91. The van der Waals surface area contributed by atoms with Gasteiger partial charge >= 0.3 is 0 Å². The number of amides is 2. The van der Waals surface area contributed by atoms with E-state index in [0.717, 1.165) is 12.8 Å². The van der Waals surface area contributed by atoms with Gasteiger partial charge in [-0.05, 0) is 49.6 Å². The fourth-order valence-electron chi connectivity index (χ4n) is 2.97. The molecule has 2 amide bonds. The van der Waals surface area contributed by atoms with Crippen LogP contribution in [-0.4, -0.2) is 35.2 Å². The summed E-state index contributed by atoms with van der Waals surface area (Å²) in [6.45, 7) is 2.01. The van der Waals surface area contributed by atoms with E-state index in [1.807, 2.05) is 25.1 Å². The van der Waals surface area contributed by atoms with Gasteiger partial charge in [0, 0.05) is 24.6 Å². The minimum atomic E-state index is -0.326. The number of hydrogen-bond acceptors (Lipinski definition) is 6. The topological polar surface area (TPSA) is 93.2 Å². The Kier molecular flexibility index (Phi) is 8.12. The Hall–Kier alpha value is -3.26. The third-order valence-electron chi connectivity index (χ3n) is 4.69. The molecule has 0 aliphatic carbocycles. The zero-order valence-electron chi connectivity index (χ0n) is 17.6. The second-order valence-electron chi connectivity index (χ2n) is 7.18. The molecule has 0 spiro atoms. The first-order chi connectivity index (χ1) is 15.0. The number of aromatic nitrogens is 2. The molecule has 3 rings (SSSR count). The molecule has 1 unspecified atom stereocenters. The summed E-state index contributed by atoms with van der Waals surface area (Å²) in [6.07, 6.45) is 2.56. The quantitative estimate of drug-likeness (QED) is 0.501. The summed E-state index contributed by atoms with van der Waals surface area (Å²) in [4.78, 5) is 24.6. The van der Waals surface area contributed by atoms with Gasteiger partial charge in [-0.3, -0.25) is 9.59 Å². The van der Waals surface area contributed by atoms with E-state index < -0.39 is 0 Å². The third kappa shape index (κ3) is 7.18. The zero-order valence-corrected chi connectivity index (χ0v) is 18.4. The number of nitrogens with one attached hydrogen (secondary N) is 2. The van der Waals surface area contributed by atoms with Crippen LogP contribution in [0.3, 0.4) is 0 Å². The van der Waals surface area contributed by atoms with Crippen LogP contribution in [0.5, 0.6) is 5.75 Å². The van der Waals surface area contributed by atoms with Crippen molar-refractivity contribution in [3.63, 3.8) is 0 Å². The molecule has 0 fully saturated rings. The van der Waals surface area contributed by atoms with Crippen LogP contribution < -0.4 is 15.4 Å². The largest absolute Gasteiger partial charge is 0.497 e. The fourth-order valence-corrected chi connectivity index (χ4v) is 3.71. The molecule has 0 saturated heterocycles. The maximum atomic E-state index is 12.3. The molecule has 7 nitrogen and oxygen atoms in total. The lowest BCUT2D eigenvalue weighted by atomic mass is 10.1. The van der Waals surface area contributed by atoms with Crippen LogP contribution in [0, 0.1) is 0 Å². The minimum absolute atomic E-state index is 0.0278. The predicted molar refractivity (Wildman–Crippen MR) is 122 cm³/mol. The third-order valence-corrected chi connectivity index (χ3v) is 5.67. The van der Waals surface area contributed by atoms with Crippen molar-refractivity contribution in [2.45, 2.75) is 38.6 Å². The van der Waals surface area contributed by atoms with E-state index in [0.29, 0.717) is 29.3 Å². The highest BCUT2D eigenvalue weighted by molar-refractivity contribution is 7.13. The average Bonchev–Trinajstić information content (AvgIpc) is 3.27. The molecule has 1 atom stereocenters. The van der Waals surface area contributed by atoms with Gasteiger partial charge in [0.05, 0.1) is 7.11 Å². The van der Waals surface area contributed by atoms with Gasteiger partial charge in [-0.2, -0.15) is 0 Å². The van der Waals surface area contributed by atoms with Crippen LogP contribution in [0.4, 0.5) is 5.69 Å². The maximum absolute atomic E-state index is 12.3. The van der Waals surface area contributed by atoms with E-state index in [1.165, 1.54) is 16.9 Å². The van der Waals surface area contributed by atoms with Crippen molar-refractivity contribution in [2.24, 2.45) is 0 Å². The zero-order chi connectivity index (χ0) is 22.1. The van der Waals surface area contributed by atoms with Crippen molar-refractivity contribution in [1.29, 1.82) is 0 Å². The Bertz CT molecular complexity index is 990. The number of aryl methyl sites for hydroxylation is 2. The standard InChI is InChI=1S/C23H26N4O3S/c1-16(8-9-17-6-4-3-5-7-17)24-20(28)14-15-21-26-27-23(31-21)22(29)25-18-10-12-19(30-2)13-11-18/h3-7,10-13,16H,8-9,14-15H2,1-2H3,(H,24,28)(H,25,29). The summed E-state index contributed by atoms with van der Waals surface area (Å²) < 4.78 is 5.10. The number of carbonyl (C=O) groups excluding carboxylic acids is 2. The summed E-state index contributed by atoms with van der Waals surface area (Å²) in [5.74, 6) is 0.358. The highest BCUT2D eigenvalue weighted by Crippen LogP contribution is 2.18. The van der Waals surface area contributed by atoms with Crippen molar-refractivity contribution >= 4 is 28.8 Å². The van der Waals surface area contributed by atoms with E-state index in [2.05, 4.69) is 33.0 Å². The number of methoxy groups -OCH3 is 1. The predicted octanol–water partition coefficient (Wildman–Crippen LogP) is 3.87. The van der Waals surface area contributed by atoms with E-state index in [-0.39, 0.29) is 22.9 Å². The summed E-state index contributed by atoms with van der Waals surface area (Å²) >= 11 is 1.20. The Morgan fingerprint density at radius 1 is 1.03 bits per heavy atom. The summed E-state index contributed by atoms with van der Waals surface area (Å²) in [6, 6.07) is 17.3. The molecule has 1 aromatic heterocycles. The van der Waals surface area contributed by atoms with E-state index >= 15 is 0 Å². The van der Waals surface area contributed by atoms with Gasteiger partial charge in [-0.1, -0.05) is 41.7 Å². The molecule has 0 aliphatic heterocycles. The molecule has 0 saturated carbocycles. The molecule has 0 aliphatic rings. The molecule has 0 bridgehead atoms. The number of nitrogens with zero attached hydrogens (tertiary/aromatic N) is 2. The Morgan fingerprint density at radius 3 is 2.48 bits per heavy atom. The first-order valence-corrected chi connectivity index (χ1v) is 11.0. The normalized spacial score (nSPS) is 11.5. The van der Waals surface area contributed by atoms with Gasteiger partial charge in [-0.25, -0.2) is 0 Å². The number of ether oxygens (including phenoxy) is 1. The Morgan fingerprint density at radius 2 is 1.77 bits per heavy atom. The fraction of sp³-hybridized carbons (Fsp3) is 0.304. The highest BCUT2D eigenvalue weighted by Gasteiger charge is 2.15. The molecular formula is C23H26N4O3S. The van der Waals surface area contributed by atoms with Crippen molar-refractivity contribution < 1.29 is 14.3 Å². The monoisotopic (exact) mass is 438 g/mol. The first kappa shape index (κ1) is 22.4. The number of anilines is 1. The Balaban J connectivity index is 1.41. The lowest BCUT2D eigenvalue weighted by Gasteiger charge is -2.13. The van der Waals surface area contributed by atoms with Gasteiger partial charge in [-0.15, -0.1) is 10.2 Å². The first-order valence-electron chi connectivity index (χ1n) is 10.1. The van der Waals surface area contributed by atoms with Crippen molar-refractivity contribution in [3.8, 4) is 5.75 Å². The van der Waals surface area contributed by atoms with Gasteiger partial charge in [0.25, 0.3) is 5.91 Å². The molecule has 2 N–H and O–H groups in total. The van der Waals surface area contributed by atoms with E-state index in [4.69, 9.17) is 4.74 Å². The molecule has 8 heteroatoms. The molecular weight excluding hydrogens is 412 g/mol. The lowest BCUT2D eigenvalue weighted by Crippen LogP contribution is -2.33. The van der Waals surface area contributed by atoms with Crippen LogP contribution in [0.1, 0.15) is 40.1 Å². The second-order valence-corrected chi connectivity index (χ2v) is 8.24. The van der Waals surface area contributed by atoms with Crippen LogP contribution in [0.15, 0.2) is 54.6 Å². The molecule has 162 valence electrons. The summed E-state index contributed by atoms with van der Waals surface area (Å²) in [7, 11) is 1.59. The van der Waals surface area contributed by atoms with Crippen molar-refractivity contribution in [3.05, 3.63) is 70.2 Å². The van der Waals surface area contributed by atoms with Crippen LogP contribution in [0.2, 0.25) is 0 Å². The van der Waals surface area contributed by atoms with Gasteiger partial charge in [0.1, 0.15) is 10.8 Å². The van der Waals surface area contributed by atoms with Crippen LogP contribution in [0.25, 0.3) is 0 Å². The minimum Gasteiger partial charge on any atom is -0.497 e. The highest BCUT2D eigenvalue weighted by atomic mass is 32.1. The Labute approximate surface area is 185 Å². The maximum Gasteiger partial charge on any atom is 0.286 e. The van der Waals surface area contributed by atoms with E-state index in [9.17, 15) is 9.59 Å². The molecule has 1 heterocycles. The smallest absolute Gasteiger partial charge is 0.286 e. The molecule has 2 aromatic carbocycles. The number of benzene rings is 2. The van der Waals surface area contributed by atoms with Crippen molar-refractivity contribution in [2.75, 3.05) is 12.4 Å². The van der Waals surface area contributed by atoms with Crippen LogP contribution >= 0.6 is 11.3 Å². The van der Waals surface area contributed by atoms with Gasteiger partial charge < -0.3 is 15.4 Å². The number of rotatable bonds is 10. The average molecular weight is 439 g/mol. The number of hydrogen-bond donors (Lipinski definition) is 2. The number of carbonyl (C=O) groups is 2. The van der Waals surface area contributed by atoms with Crippen molar-refractivity contribution in [1.82, 2.24) is 15.5 Å². The van der Waals surface area contributed by atoms with Gasteiger partial charge in [0.15, 0.2) is 0 Å². The van der Waals surface area contributed by atoms with E-state index in [1.54, 1.807) is 31.4 Å². The SMILES string of the molecule is COc1ccc(NC(=O)c2nnc(CCC(=O)NC(C)CCc3ccccc3)s2)cc1. The molecule has 0 radical (unpaired) electrons. The molecule has 3 aromatic rings. The van der Waals surface area contributed by atoms with Gasteiger partial charge in [0.2, 0.25) is 10.9 Å². The molecule has 31 heavy (non-hydrogen) atoms. The summed E-state index contributed by atoms with van der Waals surface area (Å²) in [5, 5.41) is 14.7. The second kappa shape index (κ2) is 11.2. The lowest BCUT2D eigenvalue weighted by molar-refractivity contribution is -0.121.